The van der Waals surface area contributed by atoms with Crippen LogP contribution in [-0.4, -0.2) is 25.0 Å². The molecule has 1 atom stereocenters. The first-order valence-electron chi connectivity index (χ1n) is 8.38. The number of hydrogen-bond donors (Lipinski definition) is 2. The van der Waals surface area contributed by atoms with Gasteiger partial charge in [0, 0.05) is 22.7 Å². The van der Waals surface area contributed by atoms with E-state index in [4.69, 9.17) is 16.3 Å². The van der Waals surface area contributed by atoms with E-state index in [0.717, 1.165) is 5.56 Å². The second-order valence-corrected chi connectivity index (χ2v) is 6.67. The normalized spacial score (nSPS) is 11.7. The Bertz CT molecular complexity index is 760. The van der Waals surface area contributed by atoms with Crippen LogP contribution in [0.2, 0.25) is 5.02 Å². The standard InChI is InChI=1S/C20H23ClN2O3/c1-13(2)18(23-19(24)14-8-10-16(21)11-9-14)20(25)22-12-15-6-4-5-7-17(15)26-3/h4-11,13,18H,12H2,1-3H3,(H,22,25)(H,23,24)/t18-/m1/s1. The zero-order chi connectivity index (χ0) is 19.1. The molecular formula is C20H23ClN2O3. The first kappa shape index (κ1) is 19.8. The molecule has 138 valence electrons. The third-order valence-corrected chi connectivity index (χ3v) is 4.24. The molecular weight excluding hydrogens is 352 g/mol. The Labute approximate surface area is 158 Å². The summed E-state index contributed by atoms with van der Waals surface area (Å²) in [6.07, 6.45) is 0. The first-order valence-corrected chi connectivity index (χ1v) is 8.76. The van der Waals surface area contributed by atoms with Crippen LogP contribution in [0.15, 0.2) is 48.5 Å². The number of para-hydroxylation sites is 1. The summed E-state index contributed by atoms with van der Waals surface area (Å²) in [4.78, 5) is 25.0. The number of benzene rings is 2. The van der Waals surface area contributed by atoms with Gasteiger partial charge in [0.25, 0.3) is 5.91 Å². The van der Waals surface area contributed by atoms with Crippen molar-refractivity contribution in [1.82, 2.24) is 10.6 Å². The summed E-state index contributed by atoms with van der Waals surface area (Å²) in [5.74, 6) is 0.0871. The van der Waals surface area contributed by atoms with Crippen molar-refractivity contribution in [3.63, 3.8) is 0 Å². The minimum absolute atomic E-state index is 0.0658. The largest absolute Gasteiger partial charge is 0.496 e. The maximum Gasteiger partial charge on any atom is 0.251 e. The van der Waals surface area contributed by atoms with Crippen LogP contribution < -0.4 is 15.4 Å². The lowest BCUT2D eigenvalue weighted by atomic mass is 10.0. The second-order valence-electron chi connectivity index (χ2n) is 6.23. The molecule has 5 nitrogen and oxygen atoms in total. The van der Waals surface area contributed by atoms with Crippen molar-refractivity contribution >= 4 is 23.4 Å². The zero-order valence-electron chi connectivity index (χ0n) is 15.1. The Balaban J connectivity index is 2.03. The number of ether oxygens (including phenoxy) is 1. The summed E-state index contributed by atoms with van der Waals surface area (Å²) >= 11 is 5.84. The average molecular weight is 375 g/mol. The van der Waals surface area contributed by atoms with Crippen molar-refractivity contribution in [2.24, 2.45) is 5.92 Å². The average Bonchev–Trinajstić information content (AvgIpc) is 2.64. The molecule has 0 unspecified atom stereocenters. The van der Waals surface area contributed by atoms with Crippen molar-refractivity contribution in [2.45, 2.75) is 26.4 Å². The minimum atomic E-state index is -0.645. The van der Waals surface area contributed by atoms with Gasteiger partial charge in [-0.3, -0.25) is 9.59 Å². The van der Waals surface area contributed by atoms with Crippen LogP contribution in [0.25, 0.3) is 0 Å². The third kappa shape index (κ3) is 5.23. The van der Waals surface area contributed by atoms with Gasteiger partial charge in [-0.2, -0.15) is 0 Å². The van der Waals surface area contributed by atoms with Gasteiger partial charge >= 0.3 is 0 Å². The molecule has 0 heterocycles. The predicted octanol–water partition coefficient (Wildman–Crippen LogP) is 3.42. The molecule has 2 aromatic rings. The lowest BCUT2D eigenvalue weighted by Crippen LogP contribution is -2.49. The molecule has 0 aromatic heterocycles. The highest BCUT2D eigenvalue weighted by molar-refractivity contribution is 6.30. The fourth-order valence-electron chi connectivity index (χ4n) is 2.50. The number of nitrogens with one attached hydrogen (secondary N) is 2. The van der Waals surface area contributed by atoms with E-state index in [0.29, 0.717) is 22.9 Å². The molecule has 26 heavy (non-hydrogen) atoms. The van der Waals surface area contributed by atoms with Gasteiger partial charge in [-0.25, -0.2) is 0 Å². The van der Waals surface area contributed by atoms with E-state index in [1.165, 1.54) is 0 Å². The smallest absolute Gasteiger partial charge is 0.251 e. The van der Waals surface area contributed by atoms with E-state index in [1.54, 1.807) is 31.4 Å². The SMILES string of the molecule is COc1ccccc1CNC(=O)[C@H](NC(=O)c1ccc(Cl)cc1)C(C)C. The molecule has 0 aliphatic rings. The van der Waals surface area contributed by atoms with Crippen molar-refractivity contribution in [3.05, 3.63) is 64.7 Å². The van der Waals surface area contributed by atoms with E-state index in [-0.39, 0.29) is 17.7 Å². The Morgan fingerprint density at radius 3 is 2.35 bits per heavy atom. The van der Waals surface area contributed by atoms with Gasteiger partial charge < -0.3 is 15.4 Å². The highest BCUT2D eigenvalue weighted by Gasteiger charge is 2.24. The van der Waals surface area contributed by atoms with Gasteiger partial charge in [0.05, 0.1) is 7.11 Å². The van der Waals surface area contributed by atoms with Crippen molar-refractivity contribution < 1.29 is 14.3 Å². The topological polar surface area (TPSA) is 67.4 Å². The maximum absolute atomic E-state index is 12.6. The van der Waals surface area contributed by atoms with E-state index < -0.39 is 6.04 Å². The lowest BCUT2D eigenvalue weighted by Gasteiger charge is -2.22. The molecule has 2 rings (SSSR count). The molecule has 0 fully saturated rings. The quantitative estimate of drug-likeness (QED) is 0.780. The molecule has 2 N–H and O–H groups in total. The Morgan fingerprint density at radius 2 is 1.73 bits per heavy atom. The second kappa shape index (κ2) is 9.25. The molecule has 0 aliphatic carbocycles. The van der Waals surface area contributed by atoms with Gasteiger partial charge in [-0.05, 0) is 36.2 Å². The summed E-state index contributed by atoms with van der Waals surface area (Å²) < 4.78 is 5.29. The van der Waals surface area contributed by atoms with E-state index in [2.05, 4.69) is 10.6 Å². The predicted molar refractivity (Wildman–Crippen MR) is 102 cm³/mol. The number of rotatable bonds is 7. The number of carbonyl (C=O) groups is 2. The fourth-order valence-corrected chi connectivity index (χ4v) is 2.63. The molecule has 2 amide bonds. The van der Waals surface area contributed by atoms with Gasteiger partial charge in [0.2, 0.25) is 5.91 Å². The van der Waals surface area contributed by atoms with Crippen LogP contribution in [0.5, 0.6) is 5.75 Å². The molecule has 0 spiro atoms. The van der Waals surface area contributed by atoms with Crippen LogP contribution >= 0.6 is 11.6 Å². The molecule has 0 radical (unpaired) electrons. The maximum atomic E-state index is 12.6. The van der Waals surface area contributed by atoms with Gasteiger partial charge in [0.15, 0.2) is 0 Å². The molecule has 0 saturated heterocycles. The number of carbonyl (C=O) groups excluding carboxylic acids is 2. The van der Waals surface area contributed by atoms with Crippen LogP contribution in [0.1, 0.15) is 29.8 Å². The van der Waals surface area contributed by atoms with Crippen molar-refractivity contribution in [3.8, 4) is 5.75 Å². The first-order chi connectivity index (χ1) is 12.4. The van der Waals surface area contributed by atoms with Crippen LogP contribution in [0.4, 0.5) is 0 Å². The number of amides is 2. The lowest BCUT2D eigenvalue weighted by molar-refractivity contribution is -0.124. The summed E-state index contributed by atoms with van der Waals surface area (Å²) in [6.45, 7) is 4.09. The van der Waals surface area contributed by atoms with Crippen LogP contribution in [0, 0.1) is 5.92 Å². The van der Waals surface area contributed by atoms with Gasteiger partial charge in [0.1, 0.15) is 11.8 Å². The fraction of sp³-hybridized carbons (Fsp3) is 0.300. The molecule has 2 aromatic carbocycles. The zero-order valence-corrected chi connectivity index (χ0v) is 15.8. The number of halogens is 1. The minimum Gasteiger partial charge on any atom is -0.496 e. The third-order valence-electron chi connectivity index (χ3n) is 3.99. The highest BCUT2D eigenvalue weighted by atomic mass is 35.5. The Hall–Kier alpha value is -2.53. The Kier molecular flexibility index (Phi) is 7.04. The van der Waals surface area contributed by atoms with Gasteiger partial charge in [-0.15, -0.1) is 0 Å². The molecule has 0 saturated carbocycles. The van der Waals surface area contributed by atoms with Crippen molar-refractivity contribution in [2.75, 3.05) is 7.11 Å². The van der Waals surface area contributed by atoms with Gasteiger partial charge in [-0.1, -0.05) is 43.6 Å². The van der Waals surface area contributed by atoms with Crippen molar-refractivity contribution in [1.29, 1.82) is 0 Å². The van der Waals surface area contributed by atoms with E-state index in [9.17, 15) is 9.59 Å². The van der Waals surface area contributed by atoms with Crippen LogP contribution in [0.3, 0.4) is 0 Å². The molecule has 0 bridgehead atoms. The molecule has 6 heteroatoms. The molecule has 0 aliphatic heterocycles. The number of methoxy groups -OCH3 is 1. The summed E-state index contributed by atoms with van der Waals surface area (Å²) in [5, 5.41) is 6.21. The highest BCUT2D eigenvalue weighted by Crippen LogP contribution is 2.17. The van der Waals surface area contributed by atoms with E-state index in [1.807, 2.05) is 38.1 Å². The monoisotopic (exact) mass is 374 g/mol. The van der Waals surface area contributed by atoms with E-state index >= 15 is 0 Å². The summed E-state index contributed by atoms with van der Waals surface area (Å²) in [5.41, 5.74) is 1.33. The number of hydrogen-bond acceptors (Lipinski definition) is 3. The van der Waals surface area contributed by atoms with Crippen LogP contribution in [-0.2, 0) is 11.3 Å². The Morgan fingerprint density at radius 1 is 1.08 bits per heavy atom. The summed E-state index contributed by atoms with van der Waals surface area (Å²) in [6, 6.07) is 13.4. The summed E-state index contributed by atoms with van der Waals surface area (Å²) in [7, 11) is 1.59.